The fourth-order valence-electron chi connectivity index (χ4n) is 3.53. The molecule has 3 rings (SSSR count). The molecule has 33 heavy (non-hydrogen) atoms. The Morgan fingerprint density at radius 3 is 2.45 bits per heavy atom. The van der Waals surface area contributed by atoms with Crippen molar-refractivity contribution in [3.63, 3.8) is 0 Å². The molecule has 0 saturated carbocycles. The van der Waals surface area contributed by atoms with Crippen LogP contribution >= 0.6 is 0 Å². The van der Waals surface area contributed by atoms with Crippen molar-refractivity contribution in [1.82, 2.24) is 4.90 Å². The van der Waals surface area contributed by atoms with E-state index in [0.717, 1.165) is 0 Å². The molecular weight excluding hydrogens is 430 g/mol. The van der Waals surface area contributed by atoms with Crippen LogP contribution in [0.15, 0.2) is 48.8 Å². The number of anilines is 1. The molecule has 1 amide bonds. The van der Waals surface area contributed by atoms with Crippen molar-refractivity contribution in [2.45, 2.75) is 18.4 Å². The number of amides is 1. The van der Waals surface area contributed by atoms with E-state index in [-0.39, 0.29) is 19.8 Å². The van der Waals surface area contributed by atoms with E-state index in [1.54, 1.807) is 42.6 Å². The van der Waals surface area contributed by atoms with Crippen molar-refractivity contribution in [1.29, 1.82) is 0 Å². The number of nitrogens with zero attached hydrogens (tertiary/aromatic N) is 2. The second-order valence-corrected chi connectivity index (χ2v) is 8.10. The van der Waals surface area contributed by atoms with Gasteiger partial charge in [-0.2, -0.15) is 4.57 Å². The van der Waals surface area contributed by atoms with E-state index in [2.05, 4.69) is 5.32 Å². The molecule has 4 N–H and O–H groups in total. The molecule has 4 atom stereocenters. The van der Waals surface area contributed by atoms with Gasteiger partial charge in [0, 0.05) is 24.2 Å². The van der Waals surface area contributed by atoms with Crippen molar-refractivity contribution in [2.24, 2.45) is 5.92 Å². The summed E-state index contributed by atoms with van der Waals surface area (Å²) in [5.74, 6) is -1.45. The Kier molecular flexibility index (Phi) is 8.48. The van der Waals surface area contributed by atoms with Crippen LogP contribution in [0.4, 0.5) is 5.69 Å². The molecule has 0 bridgehead atoms. The standard InChI is InChI=1S/C23H29N3O7/c1-25(2)10-11-32-23(31)15-5-7-17(8-6-15)24-21(30)16-4-3-9-26(12-16)22-20(29)18(13-27)19(14-28)33-22/h3-9,12,18-20,22,27-29H,10-11,13-14H2,1-2H3/p+1/t18-,19?,20-,22?/m1/s1. The van der Waals surface area contributed by atoms with Crippen LogP contribution in [0.2, 0.25) is 0 Å². The van der Waals surface area contributed by atoms with Crippen LogP contribution in [0.1, 0.15) is 26.9 Å². The number of aliphatic hydroxyl groups is 3. The van der Waals surface area contributed by atoms with Crippen LogP contribution in [0.25, 0.3) is 0 Å². The van der Waals surface area contributed by atoms with E-state index in [4.69, 9.17) is 9.47 Å². The summed E-state index contributed by atoms with van der Waals surface area (Å²) in [6.45, 7) is 0.249. The molecule has 0 radical (unpaired) electrons. The number of hydrogen-bond donors (Lipinski definition) is 4. The Labute approximate surface area is 192 Å². The smallest absolute Gasteiger partial charge is 0.338 e. The van der Waals surface area contributed by atoms with Crippen molar-refractivity contribution in [2.75, 3.05) is 45.8 Å². The Morgan fingerprint density at radius 2 is 1.85 bits per heavy atom. The van der Waals surface area contributed by atoms with E-state index in [0.29, 0.717) is 23.4 Å². The molecule has 1 aromatic carbocycles. The molecule has 10 nitrogen and oxygen atoms in total. The number of pyridine rings is 1. The minimum Gasteiger partial charge on any atom is -0.461 e. The third kappa shape index (κ3) is 6.12. The maximum Gasteiger partial charge on any atom is 0.338 e. The number of benzene rings is 1. The average molecular weight is 461 g/mol. The molecule has 0 spiro atoms. The Bertz CT molecular complexity index is 951. The fourth-order valence-corrected chi connectivity index (χ4v) is 3.53. The topological polar surface area (TPSA) is 132 Å². The van der Waals surface area contributed by atoms with Gasteiger partial charge in [-0.05, 0) is 44.4 Å². The summed E-state index contributed by atoms with van der Waals surface area (Å²) in [5, 5.41) is 32.1. The Morgan fingerprint density at radius 1 is 1.12 bits per heavy atom. The van der Waals surface area contributed by atoms with Crippen LogP contribution in [0.5, 0.6) is 0 Å². The van der Waals surface area contributed by atoms with Gasteiger partial charge >= 0.3 is 5.97 Å². The van der Waals surface area contributed by atoms with Gasteiger partial charge in [0.2, 0.25) is 0 Å². The lowest BCUT2D eigenvalue weighted by Crippen LogP contribution is -2.45. The highest BCUT2D eigenvalue weighted by Gasteiger charge is 2.48. The predicted molar refractivity (Wildman–Crippen MR) is 117 cm³/mol. The SMILES string of the molecule is CN(C)CCOC(=O)c1ccc(NC(=O)c2ccc[n+](C3OC(CO)[C@@H](CO)[C@H]3O)c2)cc1. The van der Waals surface area contributed by atoms with Crippen LogP contribution in [0.3, 0.4) is 0 Å². The monoisotopic (exact) mass is 460 g/mol. The molecule has 2 unspecified atom stereocenters. The zero-order valence-corrected chi connectivity index (χ0v) is 18.6. The number of nitrogens with one attached hydrogen (secondary N) is 1. The highest BCUT2D eigenvalue weighted by atomic mass is 16.5. The molecule has 1 aliphatic heterocycles. The molecule has 1 aromatic heterocycles. The summed E-state index contributed by atoms with van der Waals surface area (Å²) in [6.07, 6.45) is 0.571. The summed E-state index contributed by atoms with van der Waals surface area (Å²) in [6, 6.07) is 9.61. The van der Waals surface area contributed by atoms with Gasteiger partial charge in [0.05, 0.1) is 24.9 Å². The van der Waals surface area contributed by atoms with E-state index in [1.165, 1.54) is 10.8 Å². The second-order valence-electron chi connectivity index (χ2n) is 8.10. The Hall–Kier alpha value is -2.89. The van der Waals surface area contributed by atoms with Crippen molar-refractivity contribution < 1.29 is 38.9 Å². The van der Waals surface area contributed by atoms with E-state index < -0.39 is 36.2 Å². The van der Waals surface area contributed by atoms with Gasteiger partial charge in [-0.3, -0.25) is 4.79 Å². The highest BCUT2D eigenvalue weighted by molar-refractivity contribution is 6.04. The third-order valence-corrected chi connectivity index (χ3v) is 5.44. The maximum absolute atomic E-state index is 12.7. The number of carbonyl (C=O) groups excluding carboxylic acids is 2. The molecule has 1 saturated heterocycles. The van der Waals surface area contributed by atoms with Crippen LogP contribution in [-0.2, 0) is 9.47 Å². The van der Waals surface area contributed by atoms with Crippen molar-refractivity contribution >= 4 is 17.6 Å². The highest BCUT2D eigenvalue weighted by Crippen LogP contribution is 2.30. The first kappa shape index (κ1) is 24.7. The molecule has 2 heterocycles. The first-order chi connectivity index (χ1) is 15.8. The van der Waals surface area contributed by atoms with Gasteiger partial charge in [0.15, 0.2) is 18.5 Å². The number of rotatable bonds is 9. The number of ether oxygens (including phenoxy) is 2. The minimum atomic E-state index is -1.04. The zero-order valence-electron chi connectivity index (χ0n) is 18.6. The third-order valence-electron chi connectivity index (χ3n) is 5.44. The molecular formula is C23H30N3O7+. The maximum atomic E-state index is 12.7. The second kappa shape index (κ2) is 11.3. The van der Waals surface area contributed by atoms with Gasteiger partial charge < -0.3 is 35.0 Å². The summed E-state index contributed by atoms with van der Waals surface area (Å²) in [5.41, 5.74) is 1.19. The summed E-state index contributed by atoms with van der Waals surface area (Å²) < 4.78 is 12.4. The average Bonchev–Trinajstić information content (AvgIpc) is 3.14. The lowest BCUT2D eigenvalue weighted by Gasteiger charge is -2.13. The van der Waals surface area contributed by atoms with Gasteiger partial charge in [-0.1, -0.05) is 0 Å². The summed E-state index contributed by atoms with van der Waals surface area (Å²) in [4.78, 5) is 26.7. The van der Waals surface area contributed by atoms with Gasteiger partial charge in [0.25, 0.3) is 12.1 Å². The van der Waals surface area contributed by atoms with Crippen molar-refractivity contribution in [3.8, 4) is 0 Å². The lowest BCUT2D eigenvalue weighted by molar-refractivity contribution is -0.765. The minimum absolute atomic E-state index is 0.288. The normalized spacial score (nSPS) is 22.4. The number of likely N-dealkylation sites (N-methyl/N-ethyl adjacent to an activating group) is 1. The molecule has 1 aliphatic rings. The first-order valence-corrected chi connectivity index (χ1v) is 10.6. The fraction of sp³-hybridized carbons (Fsp3) is 0.435. The summed E-state index contributed by atoms with van der Waals surface area (Å²) in [7, 11) is 3.78. The lowest BCUT2D eigenvalue weighted by atomic mass is 9.99. The molecule has 178 valence electrons. The van der Waals surface area contributed by atoms with Crippen LogP contribution < -0.4 is 9.88 Å². The number of aromatic nitrogens is 1. The quantitative estimate of drug-likeness (QED) is 0.299. The van der Waals surface area contributed by atoms with Gasteiger partial charge in [0.1, 0.15) is 12.2 Å². The summed E-state index contributed by atoms with van der Waals surface area (Å²) >= 11 is 0. The van der Waals surface area contributed by atoms with E-state index in [1.807, 2.05) is 19.0 Å². The molecule has 10 heteroatoms. The first-order valence-electron chi connectivity index (χ1n) is 10.6. The number of aliphatic hydroxyl groups excluding tert-OH is 3. The number of esters is 1. The zero-order chi connectivity index (χ0) is 24.0. The number of carbonyl (C=O) groups is 2. The number of hydrogen-bond acceptors (Lipinski definition) is 8. The van der Waals surface area contributed by atoms with E-state index >= 15 is 0 Å². The van der Waals surface area contributed by atoms with Gasteiger partial charge in [-0.15, -0.1) is 0 Å². The predicted octanol–water partition coefficient (Wildman–Crippen LogP) is -0.196. The van der Waals surface area contributed by atoms with Crippen molar-refractivity contribution in [3.05, 3.63) is 59.9 Å². The van der Waals surface area contributed by atoms with Gasteiger partial charge in [-0.25, -0.2) is 4.79 Å². The molecule has 0 aliphatic carbocycles. The molecule has 2 aromatic rings. The van der Waals surface area contributed by atoms with E-state index in [9.17, 15) is 24.9 Å². The van der Waals surface area contributed by atoms with Crippen LogP contribution in [0, 0.1) is 5.92 Å². The Balaban J connectivity index is 1.64. The van der Waals surface area contributed by atoms with Crippen LogP contribution in [-0.4, -0.2) is 84.8 Å². The molecule has 1 fully saturated rings. The largest absolute Gasteiger partial charge is 0.461 e.